The molecule has 2 rings (SSSR count). The van der Waals surface area contributed by atoms with E-state index in [2.05, 4.69) is 9.97 Å². The summed E-state index contributed by atoms with van der Waals surface area (Å²) in [5.74, 6) is 0.893. The molecule has 1 aromatic heterocycles. The third-order valence-corrected chi connectivity index (χ3v) is 2.86. The van der Waals surface area contributed by atoms with E-state index in [9.17, 15) is 5.11 Å². The predicted octanol–water partition coefficient (Wildman–Crippen LogP) is 0.673. The summed E-state index contributed by atoms with van der Waals surface area (Å²) in [5.41, 5.74) is 5.59. The highest BCUT2D eigenvalue weighted by Crippen LogP contribution is 2.28. The summed E-state index contributed by atoms with van der Waals surface area (Å²) < 4.78 is 0. The van der Waals surface area contributed by atoms with E-state index >= 15 is 0 Å². The zero-order valence-electron chi connectivity index (χ0n) is 8.23. The molecular formula is C9H13ClN4O. The third-order valence-electron chi connectivity index (χ3n) is 2.49. The van der Waals surface area contributed by atoms with Crippen LogP contribution in [0.4, 0.5) is 11.6 Å². The maximum Gasteiger partial charge on any atom is 0.153 e. The molecule has 0 saturated carbocycles. The number of nitrogen functional groups attached to an aromatic ring is 1. The summed E-state index contributed by atoms with van der Waals surface area (Å²) in [6.07, 6.45) is 2.83. The Labute approximate surface area is 92.9 Å². The minimum Gasteiger partial charge on any atom is -0.391 e. The molecule has 0 aromatic carbocycles. The molecule has 0 spiro atoms. The fraction of sp³-hybridized carbons (Fsp3) is 0.556. The van der Waals surface area contributed by atoms with Gasteiger partial charge in [-0.1, -0.05) is 11.6 Å². The number of hydrogen-bond donors (Lipinski definition) is 2. The van der Waals surface area contributed by atoms with Crippen LogP contribution in [0.1, 0.15) is 12.8 Å². The Kier molecular flexibility index (Phi) is 2.93. The Balaban J connectivity index is 2.24. The average Bonchev–Trinajstić information content (AvgIpc) is 2.22. The van der Waals surface area contributed by atoms with E-state index in [-0.39, 0.29) is 11.9 Å². The lowest BCUT2D eigenvalue weighted by atomic mass is 10.1. The first-order valence-electron chi connectivity index (χ1n) is 4.87. The van der Waals surface area contributed by atoms with E-state index in [1.807, 2.05) is 4.90 Å². The fourth-order valence-electron chi connectivity index (χ4n) is 1.74. The summed E-state index contributed by atoms with van der Waals surface area (Å²) in [4.78, 5) is 9.83. The van der Waals surface area contributed by atoms with Crippen molar-refractivity contribution in [2.75, 3.05) is 23.7 Å². The highest BCUT2D eigenvalue weighted by Gasteiger charge is 2.21. The molecule has 1 atom stereocenters. The minimum atomic E-state index is -0.314. The van der Waals surface area contributed by atoms with Crippen molar-refractivity contribution in [3.8, 4) is 0 Å². The van der Waals surface area contributed by atoms with Gasteiger partial charge in [0.1, 0.15) is 17.2 Å². The van der Waals surface area contributed by atoms with Crippen LogP contribution in [0.25, 0.3) is 0 Å². The molecule has 1 aliphatic heterocycles. The van der Waals surface area contributed by atoms with Gasteiger partial charge in [-0.15, -0.1) is 0 Å². The quantitative estimate of drug-likeness (QED) is 0.739. The first-order valence-corrected chi connectivity index (χ1v) is 5.25. The highest BCUT2D eigenvalue weighted by molar-refractivity contribution is 6.35. The van der Waals surface area contributed by atoms with Crippen LogP contribution in [0.2, 0.25) is 5.02 Å². The van der Waals surface area contributed by atoms with Crippen LogP contribution in [-0.4, -0.2) is 34.3 Å². The Hall–Kier alpha value is -1.07. The largest absolute Gasteiger partial charge is 0.391 e. The highest BCUT2D eigenvalue weighted by atomic mass is 35.5. The molecule has 3 N–H and O–H groups in total. The van der Waals surface area contributed by atoms with Crippen molar-refractivity contribution in [1.82, 2.24) is 9.97 Å². The molecule has 0 bridgehead atoms. The topological polar surface area (TPSA) is 75.3 Å². The summed E-state index contributed by atoms with van der Waals surface area (Å²) in [7, 11) is 0. The third kappa shape index (κ3) is 2.13. The summed E-state index contributed by atoms with van der Waals surface area (Å²) in [5, 5.41) is 9.91. The van der Waals surface area contributed by atoms with E-state index in [0.717, 1.165) is 19.4 Å². The lowest BCUT2D eigenvalue weighted by Gasteiger charge is -2.31. The van der Waals surface area contributed by atoms with Crippen molar-refractivity contribution in [3.63, 3.8) is 0 Å². The molecule has 1 unspecified atom stereocenters. The molecule has 15 heavy (non-hydrogen) atoms. The standard InChI is InChI=1S/C9H13ClN4O/c10-7-8(11)12-5-13-9(7)14-3-1-2-6(15)4-14/h5-6,15H,1-4H2,(H2,11,12,13). The zero-order valence-corrected chi connectivity index (χ0v) is 8.98. The minimum absolute atomic E-state index is 0.279. The number of aliphatic hydroxyl groups excluding tert-OH is 1. The molecule has 6 heteroatoms. The van der Waals surface area contributed by atoms with Gasteiger partial charge in [0, 0.05) is 13.1 Å². The average molecular weight is 229 g/mol. The van der Waals surface area contributed by atoms with Gasteiger partial charge in [0.05, 0.1) is 6.10 Å². The number of halogens is 1. The Morgan fingerprint density at radius 3 is 3.07 bits per heavy atom. The Morgan fingerprint density at radius 2 is 2.33 bits per heavy atom. The summed E-state index contributed by atoms with van der Waals surface area (Å²) in [6.45, 7) is 1.39. The van der Waals surface area contributed by atoms with Gasteiger partial charge in [-0.05, 0) is 12.8 Å². The molecule has 82 valence electrons. The normalized spacial score (nSPS) is 21.7. The summed E-state index contributed by atoms with van der Waals surface area (Å²) >= 11 is 6.00. The number of piperidine rings is 1. The molecule has 0 radical (unpaired) electrons. The fourth-order valence-corrected chi connectivity index (χ4v) is 1.96. The maximum atomic E-state index is 9.54. The Morgan fingerprint density at radius 1 is 1.53 bits per heavy atom. The van der Waals surface area contributed by atoms with Crippen LogP contribution < -0.4 is 10.6 Å². The lowest BCUT2D eigenvalue weighted by molar-refractivity contribution is 0.154. The smallest absolute Gasteiger partial charge is 0.153 e. The van der Waals surface area contributed by atoms with Crippen LogP contribution in [0.3, 0.4) is 0 Å². The monoisotopic (exact) mass is 228 g/mol. The number of nitrogens with zero attached hydrogens (tertiary/aromatic N) is 3. The molecule has 1 saturated heterocycles. The molecule has 0 amide bonds. The van der Waals surface area contributed by atoms with E-state index in [4.69, 9.17) is 17.3 Å². The van der Waals surface area contributed by atoms with Gasteiger partial charge < -0.3 is 15.7 Å². The first kappa shape index (κ1) is 10.4. The van der Waals surface area contributed by atoms with Crippen molar-refractivity contribution >= 4 is 23.2 Å². The van der Waals surface area contributed by atoms with Crippen LogP contribution in [-0.2, 0) is 0 Å². The van der Waals surface area contributed by atoms with Gasteiger partial charge in [-0.2, -0.15) is 0 Å². The number of hydrogen-bond acceptors (Lipinski definition) is 5. The van der Waals surface area contributed by atoms with E-state index in [1.54, 1.807) is 0 Å². The number of aliphatic hydroxyl groups is 1. The molecule has 0 aliphatic carbocycles. The van der Waals surface area contributed by atoms with Crippen molar-refractivity contribution in [3.05, 3.63) is 11.3 Å². The number of β-amino-alcohol motifs (C(OH)–C–C–N with tert-alkyl or cyclic N) is 1. The maximum absolute atomic E-state index is 9.54. The molecular weight excluding hydrogens is 216 g/mol. The van der Waals surface area contributed by atoms with E-state index in [1.165, 1.54) is 6.33 Å². The van der Waals surface area contributed by atoms with E-state index in [0.29, 0.717) is 17.4 Å². The first-order chi connectivity index (χ1) is 7.18. The van der Waals surface area contributed by atoms with Crippen LogP contribution >= 0.6 is 11.6 Å². The SMILES string of the molecule is Nc1ncnc(N2CCCC(O)C2)c1Cl. The van der Waals surface area contributed by atoms with Crippen LogP contribution in [0.5, 0.6) is 0 Å². The second-order valence-corrected chi connectivity index (χ2v) is 4.02. The van der Waals surface area contributed by atoms with Crippen molar-refractivity contribution < 1.29 is 5.11 Å². The van der Waals surface area contributed by atoms with Gasteiger partial charge in [0.2, 0.25) is 0 Å². The Bertz CT molecular complexity index is 360. The van der Waals surface area contributed by atoms with Gasteiger partial charge in [0.25, 0.3) is 0 Å². The van der Waals surface area contributed by atoms with Gasteiger partial charge in [0.15, 0.2) is 5.82 Å². The molecule has 1 aromatic rings. The van der Waals surface area contributed by atoms with Gasteiger partial charge >= 0.3 is 0 Å². The van der Waals surface area contributed by atoms with Crippen molar-refractivity contribution in [2.24, 2.45) is 0 Å². The van der Waals surface area contributed by atoms with Crippen molar-refractivity contribution in [2.45, 2.75) is 18.9 Å². The number of anilines is 2. The second-order valence-electron chi connectivity index (χ2n) is 3.64. The molecule has 2 heterocycles. The van der Waals surface area contributed by atoms with Crippen LogP contribution in [0.15, 0.2) is 6.33 Å². The zero-order chi connectivity index (χ0) is 10.8. The lowest BCUT2D eigenvalue weighted by Crippen LogP contribution is -2.39. The van der Waals surface area contributed by atoms with Gasteiger partial charge in [-0.25, -0.2) is 9.97 Å². The second kappa shape index (κ2) is 4.20. The number of aromatic nitrogens is 2. The molecule has 5 nitrogen and oxygen atoms in total. The molecule has 1 aliphatic rings. The molecule has 1 fully saturated rings. The van der Waals surface area contributed by atoms with Crippen molar-refractivity contribution in [1.29, 1.82) is 0 Å². The number of rotatable bonds is 1. The number of nitrogens with two attached hydrogens (primary N) is 1. The predicted molar refractivity (Wildman–Crippen MR) is 58.9 cm³/mol. The van der Waals surface area contributed by atoms with Crippen LogP contribution in [0, 0.1) is 0 Å². The van der Waals surface area contributed by atoms with Gasteiger partial charge in [-0.3, -0.25) is 0 Å². The summed E-state index contributed by atoms with van der Waals surface area (Å²) in [6, 6.07) is 0. The van der Waals surface area contributed by atoms with E-state index < -0.39 is 0 Å².